The predicted molar refractivity (Wildman–Crippen MR) is 94.6 cm³/mol. The molecule has 0 unspecified atom stereocenters. The molecule has 1 heterocycles. The van der Waals surface area contributed by atoms with E-state index < -0.39 is 0 Å². The van der Waals surface area contributed by atoms with Gasteiger partial charge in [0.2, 0.25) is 5.91 Å². The van der Waals surface area contributed by atoms with E-state index in [4.69, 9.17) is 0 Å². The fourth-order valence-corrected chi connectivity index (χ4v) is 3.48. The van der Waals surface area contributed by atoms with Crippen molar-refractivity contribution in [3.63, 3.8) is 0 Å². The van der Waals surface area contributed by atoms with E-state index in [1.807, 2.05) is 42.5 Å². The van der Waals surface area contributed by atoms with Crippen molar-refractivity contribution in [2.45, 2.75) is 6.42 Å². The van der Waals surface area contributed by atoms with Crippen molar-refractivity contribution in [1.29, 1.82) is 0 Å². The topological polar surface area (TPSA) is 46.2 Å². The van der Waals surface area contributed by atoms with Crippen LogP contribution in [-0.2, 0) is 11.2 Å². The number of hydrogen-bond donors (Lipinski definition) is 1. The van der Waals surface area contributed by atoms with Crippen LogP contribution in [0.5, 0.6) is 0 Å². The van der Waals surface area contributed by atoms with Crippen molar-refractivity contribution in [2.75, 3.05) is 5.32 Å². The third-order valence-corrected chi connectivity index (χ3v) is 4.78. The quantitative estimate of drug-likeness (QED) is 0.747. The first-order chi connectivity index (χ1) is 10.6. The van der Waals surface area contributed by atoms with E-state index >= 15 is 0 Å². The summed E-state index contributed by atoms with van der Waals surface area (Å²) in [4.78, 5) is 24.9. The summed E-state index contributed by atoms with van der Waals surface area (Å²) in [6, 6.07) is 16.4. The molecule has 1 N–H and O–H groups in total. The predicted octanol–water partition coefficient (Wildman–Crippen LogP) is 4.21. The Bertz CT molecular complexity index is 887. The van der Waals surface area contributed by atoms with Gasteiger partial charge >= 0.3 is 0 Å². The lowest BCUT2D eigenvalue weighted by Crippen LogP contribution is -2.15. The normalized spacial score (nSPS) is 10.6. The van der Waals surface area contributed by atoms with Crippen LogP contribution in [0.4, 0.5) is 5.69 Å². The van der Waals surface area contributed by atoms with Crippen molar-refractivity contribution in [1.82, 2.24) is 0 Å². The number of nitrogens with one attached hydrogen (secondary N) is 1. The van der Waals surface area contributed by atoms with Crippen LogP contribution in [0.15, 0.2) is 63.9 Å². The smallest absolute Gasteiger partial charge is 0.229 e. The number of amides is 1. The number of fused-ring (bicyclic) bond motifs is 1. The molecule has 0 bridgehead atoms. The van der Waals surface area contributed by atoms with Crippen molar-refractivity contribution in [2.24, 2.45) is 0 Å². The van der Waals surface area contributed by atoms with Gasteiger partial charge in [-0.1, -0.05) is 28.1 Å². The van der Waals surface area contributed by atoms with Gasteiger partial charge in [-0.2, -0.15) is 0 Å². The highest BCUT2D eigenvalue weighted by Crippen LogP contribution is 2.20. The van der Waals surface area contributed by atoms with Gasteiger partial charge in [-0.25, -0.2) is 0 Å². The standard InChI is InChI=1S/C17H12BrNO2S/c18-11-5-7-12(8-6-11)19-17(21)10-13-9-15(20)14-3-1-2-4-16(14)22-13/h1-9H,10H2,(H,19,21). The summed E-state index contributed by atoms with van der Waals surface area (Å²) in [5, 5.41) is 3.53. The van der Waals surface area contributed by atoms with Gasteiger partial charge in [-0.05, 0) is 42.5 Å². The first-order valence-corrected chi connectivity index (χ1v) is 8.30. The molecule has 1 aromatic heterocycles. The maximum atomic E-state index is 12.1. The largest absolute Gasteiger partial charge is 0.326 e. The zero-order valence-electron chi connectivity index (χ0n) is 11.5. The molecule has 0 spiro atoms. The number of anilines is 1. The van der Waals surface area contributed by atoms with Gasteiger partial charge in [0.05, 0.1) is 6.42 Å². The maximum absolute atomic E-state index is 12.1. The lowest BCUT2D eigenvalue weighted by Gasteiger charge is -2.05. The summed E-state index contributed by atoms with van der Waals surface area (Å²) in [6.45, 7) is 0. The van der Waals surface area contributed by atoms with Crippen molar-refractivity contribution < 1.29 is 4.79 Å². The number of carbonyl (C=O) groups is 1. The minimum atomic E-state index is -0.131. The van der Waals surface area contributed by atoms with Crippen LogP contribution in [0, 0.1) is 0 Å². The number of rotatable bonds is 3. The van der Waals surface area contributed by atoms with E-state index in [0.29, 0.717) is 5.39 Å². The van der Waals surface area contributed by atoms with Gasteiger partial charge in [0.15, 0.2) is 5.43 Å². The molecule has 22 heavy (non-hydrogen) atoms. The van der Waals surface area contributed by atoms with E-state index in [9.17, 15) is 9.59 Å². The summed E-state index contributed by atoms with van der Waals surface area (Å²) >= 11 is 4.82. The molecule has 2 aromatic carbocycles. The molecule has 5 heteroatoms. The molecule has 3 nitrogen and oxygen atoms in total. The maximum Gasteiger partial charge on any atom is 0.229 e. The molecule has 0 aliphatic heterocycles. The van der Waals surface area contributed by atoms with Crippen molar-refractivity contribution in [3.05, 3.63) is 74.2 Å². The average Bonchev–Trinajstić information content (AvgIpc) is 2.49. The van der Waals surface area contributed by atoms with Gasteiger partial charge < -0.3 is 5.32 Å². The van der Waals surface area contributed by atoms with Gasteiger partial charge in [0, 0.05) is 25.1 Å². The Kier molecular flexibility index (Phi) is 4.36. The Morgan fingerprint density at radius 3 is 2.59 bits per heavy atom. The summed E-state index contributed by atoms with van der Waals surface area (Å²) in [5.74, 6) is -0.131. The molecule has 0 aliphatic carbocycles. The molecule has 1 amide bonds. The molecule has 0 aliphatic rings. The van der Waals surface area contributed by atoms with Crippen LogP contribution in [0.25, 0.3) is 10.1 Å². The zero-order chi connectivity index (χ0) is 15.5. The van der Waals surface area contributed by atoms with E-state index in [0.717, 1.165) is 19.7 Å². The molecule has 3 rings (SSSR count). The van der Waals surface area contributed by atoms with E-state index in [2.05, 4.69) is 21.2 Å². The number of carbonyl (C=O) groups excluding carboxylic acids is 1. The van der Waals surface area contributed by atoms with Crippen LogP contribution >= 0.6 is 27.3 Å². The molecule has 0 fully saturated rings. The summed E-state index contributed by atoms with van der Waals surface area (Å²) in [7, 11) is 0. The van der Waals surface area contributed by atoms with Gasteiger partial charge in [-0.3, -0.25) is 9.59 Å². The molecule has 110 valence electrons. The first kappa shape index (κ1) is 14.9. The number of benzene rings is 2. The number of hydrogen-bond acceptors (Lipinski definition) is 3. The highest BCUT2D eigenvalue weighted by molar-refractivity contribution is 9.10. The second kappa shape index (κ2) is 6.42. The van der Waals surface area contributed by atoms with Gasteiger partial charge in [0.1, 0.15) is 0 Å². The Morgan fingerprint density at radius 1 is 1.09 bits per heavy atom. The summed E-state index contributed by atoms with van der Waals surface area (Å²) < 4.78 is 1.86. The highest BCUT2D eigenvalue weighted by atomic mass is 79.9. The highest BCUT2D eigenvalue weighted by Gasteiger charge is 2.08. The Hall–Kier alpha value is -1.98. The Morgan fingerprint density at radius 2 is 1.82 bits per heavy atom. The second-order valence-electron chi connectivity index (χ2n) is 4.80. The van der Waals surface area contributed by atoms with Crippen molar-refractivity contribution in [3.8, 4) is 0 Å². The van der Waals surface area contributed by atoms with Crippen LogP contribution in [0.2, 0.25) is 0 Å². The lowest BCUT2D eigenvalue weighted by molar-refractivity contribution is -0.115. The minimum Gasteiger partial charge on any atom is -0.326 e. The molecule has 0 saturated heterocycles. The third kappa shape index (κ3) is 3.43. The fourth-order valence-electron chi connectivity index (χ4n) is 2.14. The zero-order valence-corrected chi connectivity index (χ0v) is 13.9. The Balaban J connectivity index is 1.79. The molecule has 3 aromatic rings. The van der Waals surface area contributed by atoms with Crippen LogP contribution < -0.4 is 10.7 Å². The van der Waals surface area contributed by atoms with Crippen LogP contribution in [0.3, 0.4) is 0 Å². The third-order valence-electron chi connectivity index (χ3n) is 3.15. The van der Waals surface area contributed by atoms with Gasteiger partial charge in [0.25, 0.3) is 0 Å². The molecule has 0 radical (unpaired) electrons. The monoisotopic (exact) mass is 373 g/mol. The molecule has 0 saturated carbocycles. The number of halogens is 1. The fraction of sp³-hybridized carbons (Fsp3) is 0.0588. The first-order valence-electron chi connectivity index (χ1n) is 6.69. The second-order valence-corrected chi connectivity index (χ2v) is 6.89. The van der Waals surface area contributed by atoms with E-state index in [1.54, 1.807) is 12.1 Å². The average molecular weight is 374 g/mol. The lowest BCUT2D eigenvalue weighted by atomic mass is 10.2. The molecular weight excluding hydrogens is 362 g/mol. The summed E-state index contributed by atoms with van der Waals surface area (Å²) in [6.07, 6.45) is 0.195. The van der Waals surface area contributed by atoms with E-state index in [-0.39, 0.29) is 17.8 Å². The van der Waals surface area contributed by atoms with Crippen LogP contribution in [0.1, 0.15) is 4.88 Å². The minimum absolute atomic E-state index is 0.0409. The van der Waals surface area contributed by atoms with Gasteiger partial charge in [-0.15, -0.1) is 11.3 Å². The summed E-state index contributed by atoms with van der Waals surface area (Å²) in [5.41, 5.74) is 0.696. The van der Waals surface area contributed by atoms with Crippen LogP contribution in [-0.4, -0.2) is 5.91 Å². The SMILES string of the molecule is O=C(Cc1cc(=O)c2ccccc2s1)Nc1ccc(Br)cc1. The molecular formula is C17H12BrNO2S. The molecule has 0 atom stereocenters. The van der Waals surface area contributed by atoms with E-state index in [1.165, 1.54) is 11.3 Å². The Labute approximate surface area is 139 Å². The van der Waals surface area contributed by atoms with Crippen molar-refractivity contribution >= 4 is 48.9 Å².